The van der Waals surface area contributed by atoms with Gasteiger partial charge in [0.05, 0.1) is 16.9 Å². The standard InChI is InChI=1S/C13H16N2O5S/c1-4-14(8-12(16)20-2)13(17)9-5-6-11(21-3)10(7-9)15(18)19/h5-7H,4,8H2,1-3H3. The number of hydrogen-bond acceptors (Lipinski definition) is 6. The first kappa shape index (κ1) is 17.0. The molecule has 0 aromatic heterocycles. The highest BCUT2D eigenvalue weighted by atomic mass is 32.2. The Morgan fingerprint density at radius 1 is 1.43 bits per heavy atom. The van der Waals surface area contributed by atoms with Gasteiger partial charge in [0, 0.05) is 18.2 Å². The Morgan fingerprint density at radius 2 is 2.10 bits per heavy atom. The summed E-state index contributed by atoms with van der Waals surface area (Å²) in [5, 5.41) is 11.0. The van der Waals surface area contributed by atoms with E-state index in [0.717, 1.165) is 0 Å². The Bertz CT molecular complexity index is 561. The zero-order valence-corrected chi connectivity index (χ0v) is 12.8. The van der Waals surface area contributed by atoms with E-state index in [0.29, 0.717) is 11.4 Å². The molecule has 21 heavy (non-hydrogen) atoms. The first-order valence-electron chi connectivity index (χ1n) is 6.13. The number of carbonyl (C=O) groups is 2. The van der Waals surface area contributed by atoms with E-state index < -0.39 is 16.8 Å². The average Bonchev–Trinajstić information content (AvgIpc) is 2.50. The zero-order valence-electron chi connectivity index (χ0n) is 12.0. The highest BCUT2D eigenvalue weighted by molar-refractivity contribution is 7.98. The van der Waals surface area contributed by atoms with E-state index in [9.17, 15) is 19.7 Å². The van der Waals surface area contributed by atoms with E-state index in [2.05, 4.69) is 4.74 Å². The van der Waals surface area contributed by atoms with Gasteiger partial charge in [-0.3, -0.25) is 19.7 Å². The van der Waals surface area contributed by atoms with Crippen molar-refractivity contribution < 1.29 is 19.2 Å². The number of ether oxygens (including phenoxy) is 1. The normalized spacial score (nSPS) is 10.0. The molecule has 0 unspecified atom stereocenters. The third-order valence-corrected chi connectivity index (χ3v) is 3.62. The molecule has 1 amide bonds. The fourth-order valence-electron chi connectivity index (χ4n) is 1.70. The molecule has 114 valence electrons. The van der Waals surface area contributed by atoms with E-state index in [4.69, 9.17) is 0 Å². The summed E-state index contributed by atoms with van der Waals surface area (Å²) in [5.74, 6) is -0.987. The second-order valence-corrected chi connectivity index (χ2v) is 4.89. The number of nitro groups is 1. The number of rotatable bonds is 6. The maximum atomic E-state index is 12.3. The molecule has 0 aliphatic heterocycles. The molecule has 7 nitrogen and oxygen atoms in total. The molecule has 0 aliphatic carbocycles. The van der Waals surface area contributed by atoms with Crippen molar-refractivity contribution in [3.63, 3.8) is 0 Å². The van der Waals surface area contributed by atoms with Crippen molar-refractivity contribution in [2.24, 2.45) is 0 Å². The molecule has 0 spiro atoms. The van der Waals surface area contributed by atoms with Crippen LogP contribution in [-0.4, -0.2) is 48.2 Å². The number of benzene rings is 1. The van der Waals surface area contributed by atoms with Gasteiger partial charge in [0.15, 0.2) is 0 Å². The zero-order chi connectivity index (χ0) is 16.0. The molecule has 0 N–H and O–H groups in total. The third-order valence-electron chi connectivity index (χ3n) is 2.84. The Kier molecular flexibility index (Phi) is 6.16. The number of hydrogen-bond donors (Lipinski definition) is 0. The number of amides is 1. The lowest BCUT2D eigenvalue weighted by atomic mass is 10.1. The van der Waals surface area contributed by atoms with E-state index in [1.54, 1.807) is 13.2 Å². The molecule has 8 heteroatoms. The molecular formula is C13H16N2O5S. The van der Waals surface area contributed by atoms with Crippen LogP contribution in [0.2, 0.25) is 0 Å². The maximum absolute atomic E-state index is 12.3. The van der Waals surface area contributed by atoms with Crippen LogP contribution in [0, 0.1) is 10.1 Å². The molecule has 0 atom stereocenters. The topological polar surface area (TPSA) is 89.8 Å². The lowest BCUT2D eigenvalue weighted by molar-refractivity contribution is -0.387. The number of likely N-dealkylation sites (N-methyl/N-ethyl adjacent to an activating group) is 1. The highest BCUT2D eigenvalue weighted by Crippen LogP contribution is 2.28. The van der Waals surface area contributed by atoms with Crippen LogP contribution in [0.4, 0.5) is 5.69 Å². The SMILES string of the molecule is CCN(CC(=O)OC)C(=O)c1ccc(SC)c([N+](=O)[O-])c1. The number of nitrogens with zero attached hydrogens (tertiary/aromatic N) is 2. The van der Waals surface area contributed by atoms with Crippen molar-refractivity contribution >= 4 is 29.3 Å². The van der Waals surface area contributed by atoms with Crippen LogP contribution in [0.15, 0.2) is 23.1 Å². The fraction of sp³-hybridized carbons (Fsp3) is 0.385. The van der Waals surface area contributed by atoms with E-state index in [1.165, 1.54) is 42.0 Å². The lowest BCUT2D eigenvalue weighted by Crippen LogP contribution is -2.36. The first-order chi connectivity index (χ1) is 9.94. The van der Waals surface area contributed by atoms with Crippen LogP contribution < -0.4 is 0 Å². The first-order valence-corrected chi connectivity index (χ1v) is 7.35. The van der Waals surface area contributed by atoms with E-state index >= 15 is 0 Å². The number of thioether (sulfide) groups is 1. The van der Waals surface area contributed by atoms with Crippen molar-refractivity contribution in [3.8, 4) is 0 Å². The second kappa shape index (κ2) is 7.63. The number of esters is 1. The molecule has 1 rings (SSSR count). The largest absolute Gasteiger partial charge is 0.468 e. The third kappa shape index (κ3) is 4.19. The van der Waals surface area contributed by atoms with Gasteiger partial charge in [0.2, 0.25) is 0 Å². The molecular weight excluding hydrogens is 296 g/mol. The molecule has 1 aromatic carbocycles. The maximum Gasteiger partial charge on any atom is 0.325 e. The molecule has 1 aromatic rings. The van der Waals surface area contributed by atoms with Crippen molar-refractivity contribution in [2.45, 2.75) is 11.8 Å². The van der Waals surface area contributed by atoms with E-state index in [-0.39, 0.29) is 17.8 Å². The lowest BCUT2D eigenvalue weighted by Gasteiger charge is -2.19. The molecule has 0 saturated carbocycles. The Hall–Kier alpha value is -2.09. The molecule has 0 aliphatic rings. The summed E-state index contributed by atoms with van der Waals surface area (Å²) in [7, 11) is 1.23. The van der Waals surface area contributed by atoms with Crippen molar-refractivity contribution in [1.82, 2.24) is 4.90 Å². The summed E-state index contributed by atoms with van der Waals surface area (Å²) in [6.45, 7) is 1.82. The van der Waals surface area contributed by atoms with Gasteiger partial charge in [-0.15, -0.1) is 11.8 Å². The van der Waals surface area contributed by atoms with Gasteiger partial charge in [0.25, 0.3) is 11.6 Å². The predicted molar refractivity (Wildman–Crippen MR) is 78.5 cm³/mol. The Labute approximate surface area is 126 Å². The Morgan fingerprint density at radius 3 is 2.57 bits per heavy atom. The summed E-state index contributed by atoms with van der Waals surface area (Å²) in [6, 6.07) is 4.28. The van der Waals surface area contributed by atoms with Crippen LogP contribution in [0.3, 0.4) is 0 Å². The minimum atomic E-state index is -0.541. The average molecular weight is 312 g/mol. The van der Waals surface area contributed by atoms with Gasteiger partial charge in [-0.25, -0.2) is 0 Å². The van der Waals surface area contributed by atoms with Crippen LogP contribution >= 0.6 is 11.8 Å². The fourth-order valence-corrected chi connectivity index (χ4v) is 2.24. The molecule has 0 heterocycles. The minimum absolute atomic E-state index is 0.123. The van der Waals surface area contributed by atoms with Gasteiger partial charge in [0.1, 0.15) is 6.54 Å². The van der Waals surface area contributed by atoms with Crippen molar-refractivity contribution in [1.29, 1.82) is 0 Å². The van der Waals surface area contributed by atoms with Gasteiger partial charge >= 0.3 is 5.97 Å². The minimum Gasteiger partial charge on any atom is -0.468 e. The number of nitro benzene ring substituents is 1. The van der Waals surface area contributed by atoms with E-state index in [1.807, 2.05) is 0 Å². The van der Waals surface area contributed by atoms with Gasteiger partial charge < -0.3 is 9.64 Å². The second-order valence-electron chi connectivity index (χ2n) is 4.04. The number of carbonyl (C=O) groups excluding carboxylic acids is 2. The van der Waals surface area contributed by atoms with Crippen LogP contribution in [0.25, 0.3) is 0 Å². The summed E-state index contributed by atoms with van der Waals surface area (Å²) in [4.78, 5) is 35.8. The molecule has 0 saturated heterocycles. The monoisotopic (exact) mass is 312 g/mol. The molecule has 0 fully saturated rings. The highest BCUT2D eigenvalue weighted by Gasteiger charge is 2.21. The van der Waals surface area contributed by atoms with Crippen LogP contribution in [0.1, 0.15) is 17.3 Å². The summed E-state index contributed by atoms with van der Waals surface area (Å²) < 4.78 is 4.52. The van der Waals surface area contributed by atoms with Gasteiger partial charge in [-0.2, -0.15) is 0 Å². The molecule has 0 bridgehead atoms. The van der Waals surface area contributed by atoms with Crippen molar-refractivity contribution in [2.75, 3.05) is 26.5 Å². The van der Waals surface area contributed by atoms with Crippen LogP contribution in [-0.2, 0) is 9.53 Å². The summed E-state index contributed by atoms with van der Waals surface area (Å²) >= 11 is 1.23. The van der Waals surface area contributed by atoms with Crippen molar-refractivity contribution in [3.05, 3.63) is 33.9 Å². The van der Waals surface area contributed by atoms with Gasteiger partial charge in [-0.1, -0.05) is 0 Å². The van der Waals surface area contributed by atoms with Crippen LogP contribution in [0.5, 0.6) is 0 Å². The van der Waals surface area contributed by atoms with Gasteiger partial charge in [-0.05, 0) is 25.3 Å². The smallest absolute Gasteiger partial charge is 0.325 e. The summed E-state index contributed by atoms with van der Waals surface area (Å²) in [5.41, 5.74) is 0.0488. The summed E-state index contributed by atoms with van der Waals surface area (Å²) in [6.07, 6.45) is 1.72. The Balaban J connectivity index is 3.08. The quantitative estimate of drug-likeness (QED) is 0.345. The predicted octanol–water partition coefficient (Wildman–Crippen LogP) is 1.95. The molecule has 0 radical (unpaired) electrons. The number of methoxy groups -OCH3 is 1.